The van der Waals surface area contributed by atoms with E-state index >= 15 is 0 Å². The lowest BCUT2D eigenvalue weighted by Gasteiger charge is -2.19. The molecule has 78 valence electrons. The molecular weight excluding hydrogens is 172 g/mol. The van der Waals surface area contributed by atoms with Crippen LogP contribution in [0.5, 0.6) is 0 Å². The molecule has 2 nitrogen and oxygen atoms in total. The summed E-state index contributed by atoms with van der Waals surface area (Å²) in [6.45, 7) is 3.33. The Morgan fingerprint density at radius 3 is 3.14 bits per heavy atom. The highest BCUT2D eigenvalue weighted by atomic mass is 14.9. The van der Waals surface area contributed by atoms with Crippen LogP contribution in [0.2, 0.25) is 0 Å². The first kappa shape index (κ1) is 9.78. The lowest BCUT2D eigenvalue weighted by Crippen LogP contribution is -2.31. The number of aromatic nitrogens is 1. The van der Waals surface area contributed by atoms with Crippen molar-refractivity contribution < 1.29 is 0 Å². The van der Waals surface area contributed by atoms with E-state index in [2.05, 4.69) is 29.5 Å². The van der Waals surface area contributed by atoms with Crippen molar-refractivity contribution in [2.45, 2.75) is 45.2 Å². The van der Waals surface area contributed by atoms with E-state index < -0.39 is 0 Å². The van der Waals surface area contributed by atoms with Crippen LogP contribution in [0.4, 0.5) is 0 Å². The molecule has 2 unspecified atom stereocenters. The quantitative estimate of drug-likeness (QED) is 0.754. The summed E-state index contributed by atoms with van der Waals surface area (Å²) in [5.41, 5.74) is 1.37. The zero-order valence-electron chi connectivity index (χ0n) is 8.92. The van der Waals surface area contributed by atoms with Crippen molar-refractivity contribution in [1.29, 1.82) is 0 Å². The topological polar surface area (TPSA) is 27.8 Å². The van der Waals surface area contributed by atoms with E-state index in [0.717, 1.165) is 18.5 Å². The van der Waals surface area contributed by atoms with Gasteiger partial charge in [0.15, 0.2) is 0 Å². The van der Waals surface area contributed by atoms with Crippen molar-refractivity contribution in [3.8, 4) is 0 Å². The Morgan fingerprint density at radius 1 is 1.50 bits per heavy atom. The maximum Gasteiger partial charge on any atom is 0.0223 e. The van der Waals surface area contributed by atoms with Gasteiger partial charge in [0.05, 0.1) is 0 Å². The van der Waals surface area contributed by atoms with Gasteiger partial charge in [-0.3, -0.25) is 0 Å². The molecule has 1 aromatic rings. The minimum absolute atomic E-state index is 0.759. The van der Waals surface area contributed by atoms with Crippen molar-refractivity contribution in [3.05, 3.63) is 24.0 Å². The first-order chi connectivity index (χ1) is 6.90. The first-order valence-corrected chi connectivity index (χ1v) is 5.75. The Kier molecular flexibility index (Phi) is 3.25. The molecule has 0 saturated heterocycles. The summed E-state index contributed by atoms with van der Waals surface area (Å²) in [6.07, 6.45) is 9.57. The fourth-order valence-corrected chi connectivity index (χ4v) is 2.51. The van der Waals surface area contributed by atoms with Crippen LogP contribution in [-0.4, -0.2) is 11.0 Å². The van der Waals surface area contributed by atoms with Gasteiger partial charge < -0.3 is 10.3 Å². The molecule has 14 heavy (non-hydrogen) atoms. The van der Waals surface area contributed by atoms with E-state index in [4.69, 9.17) is 0 Å². The highest BCUT2D eigenvalue weighted by molar-refractivity contribution is 5.08. The van der Waals surface area contributed by atoms with Gasteiger partial charge in [0, 0.05) is 25.0 Å². The van der Waals surface area contributed by atoms with Crippen molar-refractivity contribution >= 4 is 0 Å². The number of rotatable bonds is 4. The standard InChI is InChI=1S/C12H20N2/c1-2-11-4-3-5-12(11)14-9-10-6-7-13-8-10/h6-8,11-14H,2-5,9H2,1H3. The molecule has 1 heterocycles. The lowest BCUT2D eigenvalue weighted by atomic mass is 10.0. The van der Waals surface area contributed by atoms with Crippen LogP contribution in [0, 0.1) is 5.92 Å². The SMILES string of the molecule is CCC1CCCC1NCc1cc[nH]c1. The van der Waals surface area contributed by atoms with E-state index in [1.165, 1.54) is 31.2 Å². The van der Waals surface area contributed by atoms with Gasteiger partial charge in [-0.15, -0.1) is 0 Å². The van der Waals surface area contributed by atoms with E-state index in [9.17, 15) is 0 Å². The lowest BCUT2D eigenvalue weighted by molar-refractivity contribution is 0.389. The predicted octanol–water partition coefficient (Wildman–Crippen LogP) is 2.68. The second kappa shape index (κ2) is 4.65. The van der Waals surface area contributed by atoms with Crippen molar-refractivity contribution in [1.82, 2.24) is 10.3 Å². The second-order valence-corrected chi connectivity index (χ2v) is 4.31. The molecule has 2 atom stereocenters. The fourth-order valence-electron chi connectivity index (χ4n) is 2.51. The van der Waals surface area contributed by atoms with Crippen LogP contribution in [-0.2, 0) is 6.54 Å². The summed E-state index contributed by atoms with van der Waals surface area (Å²) in [5, 5.41) is 3.66. The largest absolute Gasteiger partial charge is 0.367 e. The van der Waals surface area contributed by atoms with Crippen LogP contribution >= 0.6 is 0 Å². The molecule has 1 fully saturated rings. The molecule has 1 aliphatic carbocycles. The Labute approximate surface area is 86.1 Å². The molecule has 2 rings (SSSR count). The van der Waals surface area contributed by atoms with Crippen LogP contribution in [0.3, 0.4) is 0 Å². The summed E-state index contributed by atoms with van der Waals surface area (Å²) in [7, 11) is 0. The molecule has 0 spiro atoms. The number of H-pyrrole nitrogens is 1. The summed E-state index contributed by atoms with van der Waals surface area (Å²) < 4.78 is 0. The normalized spacial score (nSPS) is 26.9. The third-order valence-electron chi connectivity index (χ3n) is 3.41. The molecule has 0 amide bonds. The second-order valence-electron chi connectivity index (χ2n) is 4.31. The minimum atomic E-state index is 0.759. The van der Waals surface area contributed by atoms with Gasteiger partial charge >= 0.3 is 0 Å². The molecular formula is C12H20N2. The van der Waals surface area contributed by atoms with E-state index in [-0.39, 0.29) is 0 Å². The van der Waals surface area contributed by atoms with Crippen LogP contribution in [0.25, 0.3) is 0 Å². The Balaban J connectivity index is 1.80. The molecule has 1 aliphatic rings. The van der Waals surface area contributed by atoms with Crippen LogP contribution in [0.15, 0.2) is 18.5 Å². The average Bonchev–Trinajstić information content (AvgIpc) is 2.85. The molecule has 2 heteroatoms. The van der Waals surface area contributed by atoms with Gasteiger partial charge in [-0.25, -0.2) is 0 Å². The van der Waals surface area contributed by atoms with Gasteiger partial charge in [-0.1, -0.05) is 19.8 Å². The van der Waals surface area contributed by atoms with Crippen molar-refractivity contribution in [2.75, 3.05) is 0 Å². The summed E-state index contributed by atoms with van der Waals surface area (Å²) in [5.74, 6) is 0.911. The van der Waals surface area contributed by atoms with E-state index in [0.29, 0.717) is 0 Å². The fraction of sp³-hybridized carbons (Fsp3) is 0.667. The average molecular weight is 192 g/mol. The Bertz CT molecular complexity index is 253. The highest BCUT2D eigenvalue weighted by Gasteiger charge is 2.24. The van der Waals surface area contributed by atoms with Gasteiger partial charge in [-0.05, 0) is 30.4 Å². The smallest absolute Gasteiger partial charge is 0.0223 e. The molecule has 0 aliphatic heterocycles. The zero-order valence-corrected chi connectivity index (χ0v) is 8.92. The van der Waals surface area contributed by atoms with Crippen molar-refractivity contribution in [2.24, 2.45) is 5.92 Å². The first-order valence-electron chi connectivity index (χ1n) is 5.75. The number of hydrogen-bond donors (Lipinski definition) is 2. The maximum absolute atomic E-state index is 3.66. The molecule has 0 radical (unpaired) electrons. The van der Waals surface area contributed by atoms with Gasteiger partial charge in [-0.2, -0.15) is 0 Å². The van der Waals surface area contributed by atoms with Gasteiger partial charge in [0.1, 0.15) is 0 Å². The predicted molar refractivity (Wildman–Crippen MR) is 59.1 cm³/mol. The molecule has 0 bridgehead atoms. The minimum Gasteiger partial charge on any atom is -0.367 e. The van der Waals surface area contributed by atoms with E-state index in [1.54, 1.807) is 0 Å². The summed E-state index contributed by atoms with van der Waals surface area (Å²) in [4.78, 5) is 3.09. The Hall–Kier alpha value is -0.760. The van der Waals surface area contributed by atoms with Gasteiger partial charge in [0.25, 0.3) is 0 Å². The van der Waals surface area contributed by atoms with Gasteiger partial charge in [0.2, 0.25) is 0 Å². The molecule has 1 aromatic heterocycles. The van der Waals surface area contributed by atoms with E-state index in [1.807, 2.05) is 6.20 Å². The third kappa shape index (κ3) is 2.18. The molecule has 2 N–H and O–H groups in total. The monoisotopic (exact) mass is 192 g/mol. The van der Waals surface area contributed by atoms with Crippen LogP contribution < -0.4 is 5.32 Å². The number of aromatic amines is 1. The van der Waals surface area contributed by atoms with Crippen LogP contribution in [0.1, 0.15) is 38.2 Å². The third-order valence-corrected chi connectivity index (χ3v) is 3.41. The maximum atomic E-state index is 3.66. The number of hydrogen-bond acceptors (Lipinski definition) is 1. The summed E-state index contributed by atoms with van der Waals surface area (Å²) >= 11 is 0. The Morgan fingerprint density at radius 2 is 2.43 bits per heavy atom. The highest BCUT2D eigenvalue weighted by Crippen LogP contribution is 2.28. The van der Waals surface area contributed by atoms with Crippen molar-refractivity contribution in [3.63, 3.8) is 0 Å². The molecule has 0 aromatic carbocycles. The molecule has 1 saturated carbocycles. The number of nitrogens with one attached hydrogen (secondary N) is 2. The zero-order chi connectivity index (χ0) is 9.80. The summed E-state index contributed by atoms with van der Waals surface area (Å²) in [6, 6.07) is 2.90.